The van der Waals surface area contributed by atoms with Crippen LogP contribution in [0.4, 0.5) is 5.13 Å². The van der Waals surface area contributed by atoms with Crippen molar-refractivity contribution >= 4 is 58.4 Å². The number of aromatic nitrogens is 1. The van der Waals surface area contributed by atoms with Crippen LogP contribution in [0.5, 0.6) is 0 Å². The Bertz CT molecular complexity index is 985. The SMILES string of the molecule is O=C(CCS(=O)(=O)c1ccccc1)Nc1nc2c(Br)cccc2s1. The lowest BCUT2D eigenvalue weighted by Gasteiger charge is -2.04. The summed E-state index contributed by atoms with van der Waals surface area (Å²) < 4.78 is 26.1. The number of halogens is 1. The number of nitrogens with one attached hydrogen (secondary N) is 1. The fraction of sp³-hybridized carbons (Fsp3) is 0.125. The molecule has 1 amide bonds. The Kier molecular flexibility index (Phi) is 4.98. The van der Waals surface area contributed by atoms with Crippen LogP contribution in [0.2, 0.25) is 0 Å². The molecule has 1 aromatic heterocycles. The van der Waals surface area contributed by atoms with Crippen molar-refractivity contribution in [2.75, 3.05) is 11.1 Å². The van der Waals surface area contributed by atoms with E-state index in [0.29, 0.717) is 5.13 Å². The summed E-state index contributed by atoms with van der Waals surface area (Å²) in [7, 11) is -3.46. The van der Waals surface area contributed by atoms with Crippen molar-refractivity contribution in [1.29, 1.82) is 0 Å². The normalized spacial score (nSPS) is 11.5. The number of sulfone groups is 1. The van der Waals surface area contributed by atoms with E-state index < -0.39 is 9.84 Å². The van der Waals surface area contributed by atoms with E-state index in [1.54, 1.807) is 18.2 Å². The highest BCUT2D eigenvalue weighted by atomic mass is 79.9. The van der Waals surface area contributed by atoms with Crippen LogP contribution in [0, 0.1) is 0 Å². The van der Waals surface area contributed by atoms with Gasteiger partial charge in [-0.1, -0.05) is 35.6 Å². The van der Waals surface area contributed by atoms with Crippen LogP contribution in [0.1, 0.15) is 6.42 Å². The van der Waals surface area contributed by atoms with Gasteiger partial charge in [0.15, 0.2) is 15.0 Å². The molecule has 8 heteroatoms. The molecule has 2 aromatic carbocycles. The third-order valence-corrected chi connectivity index (χ3v) is 6.62. The maximum absolute atomic E-state index is 12.2. The van der Waals surface area contributed by atoms with Crippen LogP contribution in [-0.4, -0.2) is 25.1 Å². The van der Waals surface area contributed by atoms with Gasteiger partial charge >= 0.3 is 0 Å². The van der Waals surface area contributed by atoms with Gasteiger partial charge in [0.05, 0.1) is 20.9 Å². The second-order valence-electron chi connectivity index (χ2n) is 5.04. The number of fused-ring (bicyclic) bond motifs is 1. The van der Waals surface area contributed by atoms with Gasteiger partial charge in [0.2, 0.25) is 5.91 Å². The molecule has 0 spiro atoms. The molecule has 1 N–H and O–H groups in total. The summed E-state index contributed by atoms with van der Waals surface area (Å²) in [6.07, 6.45) is -0.117. The Morgan fingerprint density at radius 2 is 1.88 bits per heavy atom. The summed E-state index contributed by atoms with van der Waals surface area (Å²) in [6.45, 7) is 0. The molecule has 24 heavy (non-hydrogen) atoms. The Balaban J connectivity index is 1.66. The monoisotopic (exact) mass is 424 g/mol. The molecule has 3 aromatic rings. The van der Waals surface area contributed by atoms with Gasteiger partial charge in [0, 0.05) is 10.9 Å². The number of hydrogen-bond donors (Lipinski definition) is 1. The second-order valence-corrected chi connectivity index (χ2v) is 9.03. The zero-order chi connectivity index (χ0) is 17.2. The van der Waals surface area contributed by atoms with Gasteiger partial charge in [-0.25, -0.2) is 13.4 Å². The van der Waals surface area contributed by atoms with Crippen molar-refractivity contribution in [2.45, 2.75) is 11.3 Å². The number of benzene rings is 2. The summed E-state index contributed by atoms with van der Waals surface area (Å²) in [5.74, 6) is -0.609. The number of anilines is 1. The number of amides is 1. The third-order valence-electron chi connectivity index (χ3n) is 3.32. The molecular weight excluding hydrogens is 412 g/mol. The molecule has 0 aliphatic heterocycles. The van der Waals surface area contributed by atoms with E-state index in [9.17, 15) is 13.2 Å². The summed E-state index contributed by atoms with van der Waals surface area (Å²) in [6, 6.07) is 13.8. The Morgan fingerprint density at radius 1 is 1.12 bits per heavy atom. The maximum Gasteiger partial charge on any atom is 0.227 e. The van der Waals surface area contributed by atoms with E-state index in [-0.39, 0.29) is 23.0 Å². The van der Waals surface area contributed by atoms with Gasteiger partial charge in [-0.2, -0.15) is 0 Å². The molecule has 0 radical (unpaired) electrons. The molecule has 0 unspecified atom stereocenters. The molecule has 5 nitrogen and oxygen atoms in total. The average molecular weight is 425 g/mol. The predicted molar refractivity (Wildman–Crippen MR) is 99.1 cm³/mol. The van der Waals surface area contributed by atoms with Gasteiger partial charge in [-0.05, 0) is 40.2 Å². The highest BCUT2D eigenvalue weighted by Crippen LogP contribution is 2.30. The van der Waals surface area contributed by atoms with Gasteiger partial charge in [0.1, 0.15) is 0 Å². The van der Waals surface area contributed by atoms with Gasteiger partial charge < -0.3 is 5.32 Å². The second kappa shape index (κ2) is 7.00. The maximum atomic E-state index is 12.2. The number of hydrogen-bond acceptors (Lipinski definition) is 5. The summed E-state index contributed by atoms with van der Waals surface area (Å²) in [5, 5.41) is 3.12. The number of para-hydroxylation sites is 1. The third kappa shape index (κ3) is 3.82. The minimum atomic E-state index is -3.46. The average Bonchev–Trinajstić information content (AvgIpc) is 2.98. The lowest BCUT2D eigenvalue weighted by atomic mass is 10.3. The van der Waals surface area contributed by atoms with Crippen molar-refractivity contribution in [3.63, 3.8) is 0 Å². The van der Waals surface area contributed by atoms with E-state index in [1.807, 2.05) is 18.2 Å². The topological polar surface area (TPSA) is 76.1 Å². The van der Waals surface area contributed by atoms with Gasteiger partial charge in [0.25, 0.3) is 0 Å². The van der Waals surface area contributed by atoms with Crippen molar-refractivity contribution in [2.24, 2.45) is 0 Å². The summed E-state index contributed by atoms with van der Waals surface area (Å²) in [4.78, 5) is 16.6. The Morgan fingerprint density at radius 3 is 2.58 bits per heavy atom. The molecular formula is C16H13BrN2O3S2. The summed E-state index contributed by atoms with van der Waals surface area (Å²) in [5.41, 5.74) is 0.773. The number of carbonyl (C=O) groups is 1. The van der Waals surface area contributed by atoms with Crippen LogP contribution in [0.25, 0.3) is 10.2 Å². The van der Waals surface area contributed by atoms with Crippen molar-refractivity contribution in [3.8, 4) is 0 Å². The number of rotatable bonds is 5. The van der Waals surface area contributed by atoms with E-state index in [0.717, 1.165) is 14.7 Å². The molecule has 3 rings (SSSR count). The van der Waals surface area contributed by atoms with Gasteiger partial charge in [-0.15, -0.1) is 0 Å². The van der Waals surface area contributed by atoms with Crippen molar-refractivity contribution in [1.82, 2.24) is 4.98 Å². The Labute approximate surface area is 151 Å². The minimum Gasteiger partial charge on any atom is -0.302 e. The molecule has 124 valence electrons. The highest BCUT2D eigenvalue weighted by Gasteiger charge is 2.17. The van der Waals surface area contributed by atoms with Crippen LogP contribution in [-0.2, 0) is 14.6 Å². The fourth-order valence-corrected chi connectivity index (χ4v) is 4.88. The standard InChI is InChI=1S/C16H13BrN2O3S2/c17-12-7-4-8-13-15(12)19-16(23-13)18-14(20)9-10-24(21,22)11-5-2-1-3-6-11/h1-8H,9-10H2,(H,18,19,20). The lowest BCUT2D eigenvalue weighted by Crippen LogP contribution is -2.17. The molecule has 0 bridgehead atoms. The first-order chi connectivity index (χ1) is 11.5. The van der Waals surface area contributed by atoms with Crippen LogP contribution in [0.3, 0.4) is 0 Å². The molecule has 0 fully saturated rings. The van der Waals surface area contributed by atoms with E-state index in [1.165, 1.54) is 23.5 Å². The zero-order valence-electron chi connectivity index (χ0n) is 12.4. The summed E-state index contributed by atoms with van der Waals surface area (Å²) >= 11 is 4.76. The zero-order valence-corrected chi connectivity index (χ0v) is 15.6. The smallest absolute Gasteiger partial charge is 0.227 e. The van der Waals surface area contributed by atoms with Crippen molar-refractivity contribution in [3.05, 3.63) is 53.0 Å². The quantitative estimate of drug-likeness (QED) is 0.674. The molecule has 0 saturated heterocycles. The number of carbonyl (C=O) groups excluding carboxylic acids is 1. The minimum absolute atomic E-state index is 0.117. The fourth-order valence-electron chi connectivity index (χ4n) is 2.12. The first kappa shape index (κ1) is 17.1. The van der Waals surface area contributed by atoms with Crippen LogP contribution >= 0.6 is 27.3 Å². The Hall–Kier alpha value is -1.77. The largest absolute Gasteiger partial charge is 0.302 e. The molecule has 0 aliphatic carbocycles. The van der Waals surface area contributed by atoms with Gasteiger partial charge in [-0.3, -0.25) is 4.79 Å². The first-order valence-corrected chi connectivity index (χ1v) is 10.3. The number of nitrogens with zero attached hydrogens (tertiary/aromatic N) is 1. The molecule has 0 saturated carbocycles. The highest BCUT2D eigenvalue weighted by molar-refractivity contribution is 9.10. The first-order valence-electron chi connectivity index (χ1n) is 7.08. The molecule has 0 atom stereocenters. The van der Waals surface area contributed by atoms with E-state index in [4.69, 9.17) is 0 Å². The van der Waals surface area contributed by atoms with E-state index in [2.05, 4.69) is 26.2 Å². The predicted octanol–water partition coefficient (Wildman–Crippen LogP) is 3.86. The molecule has 0 aliphatic rings. The molecule has 1 heterocycles. The van der Waals surface area contributed by atoms with Crippen LogP contribution in [0.15, 0.2) is 57.9 Å². The number of thiazole rings is 1. The lowest BCUT2D eigenvalue weighted by molar-refractivity contribution is -0.115. The van der Waals surface area contributed by atoms with E-state index >= 15 is 0 Å². The van der Waals surface area contributed by atoms with Crippen molar-refractivity contribution < 1.29 is 13.2 Å². The van der Waals surface area contributed by atoms with Crippen LogP contribution < -0.4 is 5.32 Å².